The van der Waals surface area contributed by atoms with Crippen LogP contribution in [-0.2, 0) is 0 Å². The van der Waals surface area contributed by atoms with Gasteiger partial charge in [-0.15, -0.1) is 0 Å². The third-order valence-corrected chi connectivity index (χ3v) is 3.57. The summed E-state index contributed by atoms with van der Waals surface area (Å²) in [4.78, 5) is 4.35. The molecule has 2 atom stereocenters. The SMILES string of the molecule is Cc1ccc(C(=N)N)c(SC(C)C(C)O)n1. The number of rotatable bonds is 4. The molecule has 16 heavy (non-hydrogen) atoms. The lowest BCUT2D eigenvalue weighted by atomic mass is 10.2. The van der Waals surface area contributed by atoms with Crippen LogP contribution < -0.4 is 5.73 Å². The minimum atomic E-state index is -0.424. The van der Waals surface area contributed by atoms with Crippen LogP contribution in [-0.4, -0.2) is 27.3 Å². The maximum atomic E-state index is 9.45. The molecule has 0 fully saturated rings. The highest BCUT2D eigenvalue weighted by Gasteiger charge is 2.15. The number of aryl methyl sites for hydroxylation is 1. The summed E-state index contributed by atoms with van der Waals surface area (Å²) < 4.78 is 0. The third-order valence-electron chi connectivity index (χ3n) is 2.27. The molecular formula is C11H17N3OS. The Balaban J connectivity index is 3.01. The number of nitrogens with two attached hydrogens (primary N) is 1. The lowest BCUT2D eigenvalue weighted by molar-refractivity contribution is 0.196. The van der Waals surface area contributed by atoms with Gasteiger partial charge in [0.25, 0.3) is 0 Å². The minimum absolute atomic E-state index is 0.00722. The van der Waals surface area contributed by atoms with E-state index < -0.39 is 6.10 Å². The average Bonchev–Trinajstić information content (AvgIpc) is 2.16. The number of nitrogens with one attached hydrogen (secondary N) is 1. The summed E-state index contributed by atoms with van der Waals surface area (Å²) in [6.07, 6.45) is -0.424. The van der Waals surface area contributed by atoms with Gasteiger partial charge >= 0.3 is 0 Å². The molecule has 1 aromatic heterocycles. The lowest BCUT2D eigenvalue weighted by Crippen LogP contribution is -2.18. The van der Waals surface area contributed by atoms with Crippen molar-refractivity contribution in [3.63, 3.8) is 0 Å². The van der Waals surface area contributed by atoms with E-state index in [0.717, 1.165) is 5.69 Å². The second kappa shape index (κ2) is 5.32. The van der Waals surface area contributed by atoms with Crippen molar-refractivity contribution < 1.29 is 5.11 Å². The molecule has 1 heterocycles. The zero-order valence-electron chi connectivity index (χ0n) is 9.69. The Kier molecular flexibility index (Phi) is 4.32. The van der Waals surface area contributed by atoms with E-state index in [2.05, 4.69) is 4.98 Å². The van der Waals surface area contributed by atoms with Crippen LogP contribution in [0.3, 0.4) is 0 Å². The molecule has 5 heteroatoms. The highest BCUT2D eigenvalue weighted by Crippen LogP contribution is 2.26. The summed E-state index contributed by atoms with van der Waals surface area (Å²) in [6, 6.07) is 3.62. The van der Waals surface area contributed by atoms with E-state index in [-0.39, 0.29) is 11.1 Å². The van der Waals surface area contributed by atoms with Crippen LogP contribution in [0.4, 0.5) is 0 Å². The summed E-state index contributed by atoms with van der Waals surface area (Å²) >= 11 is 1.44. The molecule has 0 saturated carbocycles. The maximum Gasteiger partial charge on any atom is 0.125 e. The van der Waals surface area contributed by atoms with Gasteiger partial charge in [-0.25, -0.2) is 4.98 Å². The molecule has 0 aromatic carbocycles. The second-order valence-electron chi connectivity index (χ2n) is 3.78. The van der Waals surface area contributed by atoms with Crippen molar-refractivity contribution in [2.75, 3.05) is 0 Å². The molecule has 88 valence electrons. The predicted molar refractivity (Wildman–Crippen MR) is 67.0 cm³/mol. The van der Waals surface area contributed by atoms with E-state index in [1.54, 1.807) is 13.0 Å². The smallest absolute Gasteiger partial charge is 0.125 e. The third kappa shape index (κ3) is 3.21. The Morgan fingerprint density at radius 2 is 2.12 bits per heavy atom. The van der Waals surface area contributed by atoms with Gasteiger partial charge in [-0.1, -0.05) is 18.7 Å². The van der Waals surface area contributed by atoms with Gasteiger partial charge in [0.2, 0.25) is 0 Å². The van der Waals surface area contributed by atoms with Crippen LogP contribution in [0.25, 0.3) is 0 Å². The van der Waals surface area contributed by atoms with E-state index in [1.165, 1.54) is 11.8 Å². The summed E-state index contributed by atoms with van der Waals surface area (Å²) in [5.74, 6) is 0.00722. The minimum Gasteiger partial charge on any atom is -0.392 e. The van der Waals surface area contributed by atoms with Gasteiger partial charge in [-0.05, 0) is 26.0 Å². The summed E-state index contributed by atoms with van der Waals surface area (Å²) in [6.45, 7) is 5.55. The molecule has 4 nitrogen and oxygen atoms in total. The van der Waals surface area contributed by atoms with Gasteiger partial charge in [0.05, 0.1) is 6.10 Å². The molecule has 2 unspecified atom stereocenters. The van der Waals surface area contributed by atoms with Crippen molar-refractivity contribution in [3.05, 3.63) is 23.4 Å². The number of amidine groups is 1. The topological polar surface area (TPSA) is 83.0 Å². The number of hydrogen-bond acceptors (Lipinski definition) is 4. The number of thioether (sulfide) groups is 1. The molecule has 0 radical (unpaired) electrons. The monoisotopic (exact) mass is 239 g/mol. The first-order valence-corrected chi connectivity index (χ1v) is 5.96. The molecule has 0 aliphatic heterocycles. The van der Waals surface area contributed by atoms with Gasteiger partial charge in [-0.3, -0.25) is 5.41 Å². The van der Waals surface area contributed by atoms with Crippen LogP contribution in [0.5, 0.6) is 0 Å². The van der Waals surface area contributed by atoms with Crippen molar-refractivity contribution in [2.24, 2.45) is 5.73 Å². The molecule has 0 spiro atoms. The first kappa shape index (κ1) is 13.0. The quantitative estimate of drug-likeness (QED) is 0.423. The van der Waals surface area contributed by atoms with E-state index >= 15 is 0 Å². The fraction of sp³-hybridized carbons (Fsp3) is 0.455. The Hall–Kier alpha value is -1.07. The first-order chi connectivity index (χ1) is 7.41. The lowest BCUT2D eigenvalue weighted by Gasteiger charge is -2.15. The van der Waals surface area contributed by atoms with Crippen molar-refractivity contribution in [3.8, 4) is 0 Å². The van der Waals surface area contributed by atoms with E-state index in [1.807, 2.05) is 19.9 Å². The highest BCUT2D eigenvalue weighted by molar-refractivity contribution is 8.00. The number of pyridine rings is 1. The van der Waals surface area contributed by atoms with Crippen LogP contribution >= 0.6 is 11.8 Å². The van der Waals surface area contributed by atoms with Gasteiger partial charge in [0.1, 0.15) is 10.9 Å². The molecule has 0 amide bonds. The Morgan fingerprint density at radius 3 is 2.62 bits per heavy atom. The Labute approximate surface area is 99.8 Å². The molecule has 0 saturated heterocycles. The maximum absolute atomic E-state index is 9.45. The highest BCUT2D eigenvalue weighted by atomic mass is 32.2. The normalized spacial score (nSPS) is 14.5. The van der Waals surface area contributed by atoms with Crippen molar-refractivity contribution in [2.45, 2.75) is 37.2 Å². The standard InChI is InChI=1S/C11H17N3OS/c1-6-4-5-9(10(12)13)11(14-6)16-8(3)7(2)15/h4-5,7-8,15H,1-3H3,(H3,12,13). The van der Waals surface area contributed by atoms with E-state index in [9.17, 15) is 5.11 Å². The molecule has 0 aliphatic rings. The summed E-state index contributed by atoms with van der Waals surface area (Å²) in [5.41, 5.74) is 6.99. The number of aromatic nitrogens is 1. The van der Waals surface area contributed by atoms with Crippen molar-refractivity contribution in [1.29, 1.82) is 5.41 Å². The second-order valence-corrected chi connectivity index (χ2v) is 5.15. The number of nitrogens with zero attached hydrogens (tertiary/aromatic N) is 1. The number of aliphatic hydroxyl groups excluding tert-OH is 1. The number of aliphatic hydroxyl groups is 1. The van der Waals surface area contributed by atoms with Crippen LogP contribution in [0, 0.1) is 12.3 Å². The van der Waals surface area contributed by atoms with Gasteiger partial charge in [0, 0.05) is 16.5 Å². The Morgan fingerprint density at radius 1 is 1.50 bits per heavy atom. The van der Waals surface area contributed by atoms with E-state index in [0.29, 0.717) is 10.6 Å². The van der Waals surface area contributed by atoms with E-state index in [4.69, 9.17) is 11.1 Å². The zero-order valence-corrected chi connectivity index (χ0v) is 10.5. The van der Waals surface area contributed by atoms with Gasteiger partial charge in [-0.2, -0.15) is 0 Å². The zero-order chi connectivity index (χ0) is 12.3. The number of nitrogen functional groups attached to an aromatic ring is 1. The molecule has 4 N–H and O–H groups in total. The fourth-order valence-electron chi connectivity index (χ4n) is 1.10. The Bertz CT molecular complexity index is 393. The summed E-state index contributed by atoms with van der Waals surface area (Å²) in [7, 11) is 0. The fourth-order valence-corrected chi connectivity index (χ4v) is 2.15. The molecule has 0 bridgehead atoms. The molecule has 1 rings (SSSR count). The van der Waals surface area contributed by atoms with Crippen LogP contribution in [0.15, 0.2) is 17.2 Å². The summed E-state index contributed by atoms with van der Waals surface area (Å²) in [5, 5.41) is 17.6. The molecule has 1 aromatic rings. The average molecular weight is 239 g/mol. The number of hydrogen-bond donors (Lipinski definition) is 3. The molecular weight excluding hydrogens is 222 g/mol. The molecule has 0 aliphatic carbocycles. The van der Waals surface area contributed by atoms with Gasteiger partial charge < -0.3 is 10.8 Å². The first-order valence-electron chi connectivity index (χ1n) is 5.08. The van der Waals surface area contributed by atoms with Crippen LogP contribution in [0.2, 0.25) is 0 Å². The largest absolute Gasteiger partial charge is 0.392 e. The van der Waals surface area contributed by atoms with Crippen LogP contribution in [0.1, 0.15) is 25.1 Å². The van der Waals surface area contributed by atoms with Crippen molar-refractivity contribution >= 4 is 17.6 Å². The predicted octanol–water partition coefficient (Wildman–Crippen LogP) is 1.54. The van der Waals surface area contributed by atoms with Crippen molar-refractivity contribution in [1.82, 2.24) is 4.98 Å². The van der Waals surface area contributed by atoms with Gasteiger partial charge in [0.15, 0.2) is 0 Å².